The maximum Gasteiger partial charge on any atom is 0.234 e. The summed E-state index contributed by atoms with van der Waals surface area (Å²) in [5.41, 5.74) is 5.68. The molecule has 1 aromatic rings. The molecule has 1 aromatic heterocycles. The zero-order valence-electron chi connectivity index (χ0n) is 8.32. The number of aromatic nitrogens is 2. The predicted octanol–water partition coefficient (Wildman–Crippen LogP) is 0.596. The third kappa shape index (κ3) is 1.42. The Hall–Kier alpha value is -0.940. The van der Waals surface area contributed by atoms with Crippen molar-refractivity contribution in [2.45, 2.75) is 31.3 Å². The van der Waals surface area contributed by atoms with Crippen LogP contribution in [0.25, 0.3) is 0 Å². The molecule has 0 bridgehead atoms. The Morgan fingerprint density at radius 2 is 2.36 bits per heavy atom. The van der Waals surface area contributed by atoms with Crippen molar-refractivity contribution in [3.05, 3.63) is 11.7 Å². The molecule has 78 valence electrons. The van der Waals surface area contributed by atoms with Crippen LogP contribution in [0.3, 0.4) is 0 Å². The van der Waals surface area contributed by atoms with Crippen LogP contribution in [-0.2, 0) is 16.8 Å². The molecular weight excluding hydrogens is 182 g/mol. The van der Waals surface area contributed by atoms with E-state index in [9.17, 15) is 0 Å². The molecule has 14 heavy (non-hydrogen) atoms. The quantitative estimate of drug-likeness (QED) is 0.764. The average Bonchev–Trinajstić information content (AvgIpc) is 2.54. The van der Waals surface area contributed by atoms with Gasteiger partial charge in [-0.2, -0.15) is 4.98 Å². The van der Waals surface area contributed by atoms with E-state index in [1.54, 1.807) is 7.11 Å². The minimum atomic E-state index is -0.0427. The van der Waals surface area contributed by atoms with E-state index < -0.39 is 0 Å². The van der Waals surface area contributed by atoms with E-state index in [2.05, 4.69) is 10.1 Å². The van der Waals surface area contributed by atoms with Crippen molar-refractivity contribution in [1.29, 1.82) is 0 Å². The van der Waals surface area contributed by atoms with Gasteiger partial charge >= 0.3 is 0 Å². The first-order valence-electron chi connectivity index (χ1n) is 4.83. The molecule has 1 heterocycles. The van der Waals surface area contributed by atoms with Gasteiger partial charge in [-0.15, -0.1) is 0 Å². The highest BCUT2D eigenvalue weighted by Crippen LogP contribution is 2.41. The maximum absolute atomic E-state index is 5.73. The molecule has 2 rings (SSSR count). The predicted molar refractivity (Wildman–Crippen MR) is 49.6 cm³/mol. The van der Waals surface area contributed by atoms with Crippen LogP contribution in [0, 0.1) is 0 Å². The Bertz CT molecular complexity index is 301. The summed E-state index contributed by atoms with van der Waals surface area (Å²) >= 11 is 0. The number of rotatable bonds is 4. The summed E-state index contributed by atoms with van der Waals surface area (Å²) in [5, 5.41) is 3.84. The Morgan fingerprint density at radius 3 is 2.86 bits per heavy atom. The lowest BCUT2D eigenvalue weighted by atomic mass is 9.69. The highest BCUT2D eigenvalue weighted by Gasteiger charge is 2.42. The second kappa shape index (κ2) is 3.67. The molecule has 0 saturated heterocycles. The van der Waals surface area contributed by atoms with Crippen LogP contribution in [0.2, 0.25) is 0 Å². The molecule has 0 atom stereocenters. The second-order valence-electron chi connectivity index (χ2n) is 3.79. The van der Waals surface area contributed by atoms with Crippen LogP contribution in [0.1, 0.15) is 31.0 Å². The molecule has 0 spiro atoms. The fourth-order valence-electron chi connectivity index (χ4n) is 1.77. The molecule has 5 nitrogen and oxygen atoms in total. The summed E-state index contributed by atoms with van der Waals surface area (Å²) in [7, 11) is 1.61. The monoisotopic (exact) mass is 197 g/mol. The molecule has 1 aliphatic carbocycles. The molecule has 2 N–H and O–H groups in total. The van der Waals surface area contributed by atoms with Crippen LogP contribution in [-0.4, -0.2) is 23.8 Å². The summed E-state index contributed by atoms with van der Waals surface area (Å²) in [6.45, 7) is 0.978. The van der Waals surface area contributed by atoms with E-state index in [0.29, 0.717) is 24.9 Å². The molecule has 0 unspecified atom stereocenters. The molecular formula is C9H15N3O2. The van der Waals surface area contributed by atoms with E-state index in [1.807, 2.05) is 0 Å². The van der Waals surface area contributed by atoms with E-state index in [1.165, 1.54) is 6.42 Å². The van der Waals surface area contributed by atoms with Crippen molar-refractivity contribution in [3.63, 3.8) is 0 Å². The normalized spacial score (nSPS) is 19.3. The van der Waals surface area contributed by atoms with Crippen molar-refractivity contribution < 1.29 is 9.26 Å². The fraction of sp³-hybridized carbons (Fsp3) is 0.778. The number of hydrogen-bond acceptors (Lipinski definition) is 5. The SMILES string of the molecule is COCc1noc(C2(CN)CCC2)n1. The number of ether oxygens (including phenoxy) is 1. The molecule has 1 saturated carbocycles. The topological polar surface area (TPSA) is 74.2 Å². The summed E-state index contributed by atoms with van der Waals surface area (Å²) in [4.78, 5) is 4.28. The summed E-state index contributed by atoms with van der Waals surface area (Å²) in [5.74, 6) is 1.28. The highest BCUT2D eigenvalue weighted by atomic mass is 16.5. The van der Waals surface area contributed by atoms with E-state index >= 15 is 0 Å². The molecule has 5 heteroatoms. The Balaban J connectivity index is 2.15. The lowest BCUT2D eigenvalue weighted by Crippen LogP contribution is -2.41. The van der Waals surface area contributed by atoms with Gasteiger partial charge in [0.15, 0.2) is 5.82 Å². The van der Waals surface area contributed by atoms with Gasteiger partial charge in [0.25, 0.3) is 0 Å². The summed E-state index contributed by atoms with van der Waals surface area (Å²) in [6, 6.07) is 0. The lowest BCUT2D eigenvalue weighted by molar-refractivity contribution is 0.171. The zero-order chi connectivity index (χ0) is 10.0. The first-order chi connectivity index (χ1) is 6.80. The van der Waals surface area contributed by atoms with E-state index in [0.717, 1.165) is 12.8 Å². The second-order valence-corrected chi connectivity index (χ2v) is 3.79. The number of nitrogens with zero attached hydrogens (tertiary/aromatic N) is 2. The van der Waals surface area contributed by atoms with Crippen LogP contribution >= 0.6 is 0 Å². The van der Waals surface area contributed by atoms with Gasteiger partial charge in [0.05, 0.1) is 5.41 Å². The molecule has 0 amide bonds. The number of nitrogens with two attached hydrogens (primary N) is 1. The average molecular weight is 197 g/mol. The van der Waals surface area contributed by atoms with Gasteiger partial charge in [-0.1, -0.05) is 11.6 Å². The number of hydrogen-bond donors (Lipinski definition) is 1. The fourth-order valence-corrected chi connectivity index (χ4v) is 1.77. The first-order valence-corrected chi connectivity index (χ1v) is 4.83. The smallest absolute Gasteiger partial charge is 0.234 e. The molecule has 1 fully saturated rings. The van der Waals surface area contributed by atoms with Crippen molar-refractivity contribution in [1.82, 2.24) is 10.1 Å². The van der Waals surface area contributed by atoms with Crippen LogP contribution < -0.4 is 5.73 Å². The number of methoxy groups -OCH3 is 1. The van der Waals surface area contributed by atoms with Crippen LogP contribution in [0.4, 0.5) is 0 Å². The maximum atomic E-state index is 5.73. The first kappa shape index (κ1) is 9.61. The van der Waals surface area contributed by atoms with Gasteiger partial charge in [-0.3, -0.25) is 0 Å². The zero-order valence-corrected chi connectivity index (χ0v) is 8.32. The van der Waals surface area contributed by atoms with Gasteiger partial charge in [-0.05, 0) is 12.8 Å². The summed E-state index contributed by atoms with van der Waals surface area (Å²) in [6.07, 6.45) is 3.30. The third-order valence-corrected chi connectivity index (χ3v) is 2.90. The largest absolute Gasteiger partial charge is 0.377 e. The standard InChI is InChI=1S/C9H15N3O2/c1-13-5-7-11-8(14-12-7)9(6-10)3-2-4-9/h2-6,10H2,1H3. The minimum Gasteiger partial charge on any atom is -0.377 e. The van der Waals surface area contributed by atoms with Gasteiger partial charge in [0, 0.05) is 13.7 Å². The lowest BCUT2D eigenvalue weighted by Gasteiger charge is -2.36. The van der Waals surface area contributed by atoms with Crippen LogP contribution in [0.5, 0.6) is 0 Å². The molecule has 1 aliphatic rings. The van der Waals surface area contributed by atoms with Crippen molar-refractivity contribution in [2.24, 2.45) is 5.73 Å². The molecule has 0 aliphatic heterocycles. The Labute approximate surface area is 82.6 Å². The van der Waals surface area contributed by atoms with E-state index in [-0.39, 0.29) is 5.41 Å². The van der Waals surface area contributed by atoms with Crippen molar-refractivity contribution in [3.8, 4) is 0 Å². The van der Waals surface area contributed by atoms with Crippen molar-refractivity contribution >= 4 is 0 Å². The highest BCUT2D eigenvalue weighted by molar-refractivity contribution is 5.11. The third-order valence-electron chi connectivity index (χ3n) is 2.90. The van der Waals surface area contributed by atoms with E-state index in [4.69, 9.17) is 15.0 Å². The molecule has 0 aromatic carbocycles. The minimum absolute atomic E-state index is 0.0427. The van der Waals surface area contributed by atoms with Gasteiger partial charge < -0.3 is 15.0 Å². The van der Waals surface area contributed by atoms with Gasteiger partial charge in [0.2, 0.25) is 5.89 Å². The Kier molecular flexibility index (Phi) is 2.52. The molecule has 0 radical (unpaired) electrons. The Morgan fingerprint density at radius 1 is 1.57 bits per heavy atom. The summed E-state index contributed by atoms with van der Waals surface area (Å²) < 4.78 is 10.1. The van der Waals surface area contributed by atoms with Gasteiger partial charge in [0.1, 0.15) is 6.61 Å². The van der Waals surface area contributed by atoms with Gasteiger partial charge in [-0.25, -0.2) is 0 Å². The van der Waals surface area contributed by atoms with Crippen LogP contribution in [0.15, 0.2) is 4.52 Å². The van der Waals surface area contributed by atoms with Crippen molar-refractivity contribution in [2.75, 3.05) is 13.7 Å².